The van der Waals surface area contributed by atoms with E-state index in [1.807, 2.05) is 6.92 Å². The Morgan fingerprint density at radius 3 is 2.74 bits per heavy atom. The van der Waals surface area contributed by atoms with E-state index in [0.29, 0.717) is 30.1 Å². The molecule has 1 fully saturated rings. The molecule has 1 aliphatic heterocycles. The molecule has 0 aliphatic carbocycles. The highest BCUT2D eigenvalue weighted by Crippen LogP contribution is 2.11. The number of hydrogen-bond acceptors (Lipinski definition) is 3. The second-order valence-electron chi connectivity index (χ2n) is 5.80. The Morgan fingerprint density at radius 2 is 2.09 bits per heavy atom. The molecule has 0 bridgehead atoms. The van der Waals surface area contributed by atoms with Crippen molar-refractivity contribution in [3.05, 3.63) is 35.4 Å². The molecule has 2 N–H and O–H groups in total. The van der Waals surface area contributed by atoms with Gasteiger partial charge in [0, 0.05) is 31.3 Å². The molecular formula is C17H26ClN3O2. The van der Waals surface area contributed by atoms with Crippen LogP contribution in [-0.4, -0.2) is 49.9 Å². The molecule has 1 aromatic carbocycles. The fourth-order valence-electron chi connectivity index (χ4n) is 2.61. The second-order valence-corrected chi connectivity index (χ2v) is 5.80. The molecule has 1 aliphatic rings. The van der Waals surface area contributed by atoms with Crippen LogP contribution in [-0.2, 0) is 0 Å². The van der Waals surface area contributed by atoms with E-state index in [1.54, 1.807) is 36.2 Å². The minimum absolute atomic E-state index is 0. The summed E-state index contributed by atoms with van der Waals surface area (Å²) in [6.07, 6.45) is 2.18. The van der Waals surface area contributed by atoms with E-state index in [4.69, 9.17) is 0 Å². The highest BCUT2D eigenvalue weighted by Gasteiger charge is 2.15. The molecule has 5 nitrogen and oxygen atoms in total. The highest BCUT2D eigenvalue weighted by molar-refractivity contribution is 5.99. The summed E-state index contributed by atoms with van der Waals surface area (Å²) >= 11 is 0. The number of benzene rings is 1. The number of halogens is 1. The van der Waals surface area contributed by atoms with Gasteiger partial charge in [-0.05, 0) is 57.0 Å². The average molecular weight is 340 g/mol. The quantitative estimate of drug-likeness (QED) is 0.832. The zero-order chi connectivity index (χ0) is 15.9. The van der Waals surface area contributed by atoms with Crippen LogP contribution in [0, 0.1) is 5.92 Å². The number of rotatable bonds is 6. The van der Waals surface area contributed by atoms with Crippen LogP contribution in [0.1, 0.15) is 40.5 Å². The standard InChI is InChI=1S/C17H25N3O2.ClH/c1-3-20(2)17(22)15-6-4-5-14(11-15)16(21)19-10-8-13-7-9-18-12-13;/h4-6,11,13,18H,3,7-10,12H2,1-2H3,(H,19,21);1H. The molecule has 2 rings (SSSR count). The van der Waals surface area contributed by atoms with E-state index >= 15 is 0 Å². The van der Waals surface area contributed by atoms with Crippen LogP contribution in [0.5, 0.6) is 0 Å². The van der Waals surface area contributed by atoms with Crippen LogP contribution >= 0.6 is 12.4 Å². The van der Waals surface area contributed by atoms with Gasteiger partial charge in [-0.3, -0.25) is 9.59 Å². The number of nitrogens with zero attached hydrogens (tertiary/aromatic N) is 1. The van der Waals surface area contributed by atoms with Gasteiger partial charge in [-0.1, -0.05) is 6.07 Å². The fourth-order valence-corrected chi connectivity index (χ4v) is 2.61. The lowest BCUT2D eigenvalue weighted by atomic mass is 10.0. The van der Waals surface area contributed by atoms with Crippen LogP contribution in [0.3, 0.4) is 0 Å². The molecule has 23 heavy (non-hydrogen) atoms. The maximum absolute atomic E-state index is 12.2. The molecule has 0 aromatic heterocycles. The van der Waals surface area contributed by atoms with Gasteiger partial charge in [-0.2, -0.15) is 0 Å². The van der Waals surface area contributed by atoms with Gasteiger partial charge < -0.3 is 15.5 Å². The second kappa shape index (κ2) is 9.53. The van der Waals surface area contributed by atoms with Crippen molar-refractivity contribution < 1.29 is 9.59 Å². The van der Waals surface area contributed by atoms with Gasteiger partial charge in [0.25, 0.3) is 11.8 Å². The van der Waals surface area contributed by atoms with E-state index in [2.05, 4.69) is 10.6 Å². The summed E-state index contributed by atoms with van der Waals surface area (Å²) in [7, 11) is 1.75. The highest BCUT2D eigenvalue weighted by atomic mass is 35.5. The predicted molar refractivity (Wildman–Crippen MR) is 94.3 cm³/mol. The van der Waals surface area contributed by atoms with E-state index in [0.717, 1.165) is 19.5 Å². The maximum atomic E-state index is 12.2. The molecule has 1 heterocycles. The van der Waals surface area contributed by atoms with Crippen LogP contribution < -0.4 is 10.6 Å². The molecule has 0 radical (unpaired) electrons. The summed E-state index contributed by atoms with van der Waals surface area (Å²) in [4.78, 5) is 25.9. The Hall–Kier alpha value is -1.59. The molecular weight excluding hydrogens is 314 g/mol. The Bertz CT molecular complexity index is 530. The first-order valence-electron chi connectivity index (χ1n) is 7.96. The van der Waals surface area contributed by atoms with E-state index in [9.17, 15) is 9.59 Å². The molecule has 128 valence electrons. The van der Waals surface area contributed by atoms with Gasteiger partial charge in [0.15, 0.2) is 0 Å². The fraction of sp³-hybridized carbons (Fsp3) is 0.529. The monoisotopic (exact) mass is 339 g/mol. The van der Waals surface area contributed by atoms with Crippen molar-refractivity contribution in [3.8, 4) is 0 Å². The summed E-state index contributed by atoms with van der Waals surface area (Å²) in [5, 5.41) is 6.27. The molecule has 2 amide bonds. The van der Waals surface area contributed by atoms with Crippen LogP contribution in [0.15, 0.2) is 24.3 Å². The molecule has 1 aromatic rings. The Balaban J connectivity index is 0.00000264. The van der Waals surface area contributed by atoms with Crippen LogP contribution in [0.2, 0.25) is 0 Å². The van der Waals surface area contributed by atoms with Crippen molar-refractivity contribution in [2.45, 2.75) is 19.8 Å². The number of amides is 2. The van der Waals surface area contributed by atoms with E-state index < -0.39 is 0 Å². The predicted octanol–water partition coefficient (Wildman–Crippen LogP) is 1.93. The number of carbonyl (C=O) groups is 2. The van der Waals surface area contributed by atoms with Crippen molar-refractivity contribution in [1.29, 1.82) is 0 Å². The molecule has 6 heteroatoms. The number of hydrogen-bond donors (Lipinski definition) is 2. The van der Waals surface area contributed by atoms with Gasteiger partial charge in [0.05, 0.1) is 0 Å². The van der Waals surface area contributed by atoms with Crippen molar-refractivity contribution in [3.63, 3.8) is 0 Å². The van der Waals surface area contributed by atoms with E-state index in [1.165, 1.54) is 6.42 Å². The van der Waals surface area contributed by atoms with Crippen molar-refractivity contribution >= 4 is 24.2 Å². The first kappa shape index (κ1) is 19.5. The summed E-state index contributed by atoms with van der Waals surface area (Å²) in [6.45, 7) is 5.37. The largest absolute Gasteiger partial charge is 0.352 e. The summed E-state index contributed by atoms with van der Waals surface area (Å²) < 4.78 is 0. The molecule has 1 atom stereocenters. The van der Waals surface area contributed by atoms with Crippen LogP contribution in [0.4, 0.5) is 0 Å². The minimum atomic E-state index is -0.111. The van der Waals surface area contributed by atoms with Crippen molar-refractivity contribution in [2.75, 3.05) is 33.2 Å². The topological polar surface area (TPSA) is 61.4 Å². The lowest BCUT2D eigenvalue weighted by Gasteiger charge is -2.15. The van der Waals surface area contributed by atoms with E-state index in [-0.39, 0.29) is 24.2 Å². The van der Waals surface area contributed by atoms with Gasteiger partial charge in [-0.25, -0.2) is 0 Å². The maximum Gasteiger partial charge on any atom is 0.253 e. The molecule has 1 saturated heterocycles. The molecule has 0 saturated carbocycles. The first-order chi connectivity index (χ1) is 10.6. The zero-order valence-electron chi connectivity index (χ0n) is 13.8. The molecule has 1 unspecified atom stereocenters. The third-order valence-electron chi connectivity index (χ3n) is 4.19. The Morgan fingerprint density at radius 1 is 1.35 bits per heavy atom. The smallest absolute Gasteiger partial charge is 0.253 e. The van der Waals surface area contributed by atoms with Crippen molar-refractivity contribution in [2.24, 2.45) is 5.92 Å². The number of carbonyl (C=O) groups excluding carboxylic acids is 2. The average Bonchev–Trinajstić information content (AvgIpc) is 3.06. The summed E-state index contributed by atoms with van der Waals surface area (Å²) in [5.41, 5.74) is 1.09. The minimum Gasteiger partial charge on any atom is -0.352 e. The normalized spacial score (nSPS) is 16.5. The lowest BCUT2D eigenvalue weighted by molar-refractivity contribution is 0.0802. The Labute approximate surface area is 144 Å². The summed E-state index contributed by atoms with van der Waals surface area (Å²) in [6, 6.07) is 6.91. The third kappa shape index (κ3) is 5.52. The van der Waals surface area contributed by atoms with Crippen molar-refractivity contribution in [1.82, 2.24) is 15.5 Å². The van der Waals surface area contributed by atoms with Crippen LogP contribution in [0.25, 0.3) is 0 Å². The van der Waals surface area contributed by atoms with Gasteiger partial charge in [0.2, 0.25) is 0 Å². The first-order valence-corrected chi connectivity index (χ1v) is 7.96. The third-order valence-corrected chi connectivity index (χ3v) is 4.19. The van der Waals surface area contributed by atoms with Gasteiger partial charge in [-0.15, -0.1) is 12.4 Å². The number of nitrogens with one attached hydrogen (secondary N) is 2. The lowest BCUT2D eigenvalue weighted by Crippen LogP contribution is -2.28. The SMILES string of the molecule is CCN(C)C(=O)c1cccc(C(=O)NCCC2CCNC2)c1.Cl. The summed E-state index contributed by atoms with van der Waals surface area (Å²) in [5.74, 6) is 0.486. The Kier molecular flexibility index (Phi) is 8.06. The van der Waals surface area contributed by atoms with Gasteiger partial charge >= 0.3 is 0 Å². The van der Waals surface area contributed by atoms with Gasteiger partial charge in [0.1, 0.15) is 0 Å². The zero-order valence-corrected chi connectivity index (χ0v) is 14.6. The molecule has 0 spiro atoms.